The van der Waals surface area contributed by atoms with Gasteiger partial charge in [0.2, 0.25) is 0 Å². The predicted molar refractivity (Wildman–Crippen MR) is 125 cm³/mol. The van der Waals surface area contributed by atoms with Gasteiger partial charge in [-0.2, -0.15) is 10.5 Å². The number of carbonyl (C=O) groups is 2. The highest BCUT2D eigenvalue weighted by Crippen LogP contribution is 2.20. The molecular weight excluding hydrogens is 416 g/mol. The van der Waals surface area contributed by atoms with Gasteiger partial charge in [-0.25, -0.2) is 4.79 Å². The molecule has 0 amide bonds. The van der Waals surface area contributed by atoms with Crippen molar-refractivity contribution in [2.45, 2.75) is 71.1 Å². The number of esters is 2. The van der Waals surface area contributed by atoms with Gasteiger partial charge in [-0.15, -0.1) is 0 Å². The van der Waals surface area contributed by atoms with Gasteiger partial charge in [0.1, 0.15) is 23.6 Å². The second kappa shape index (κ2) is 14.4. The van der Waals surface area contributed by atoms with E-state index < -0.39 is 5.97 Å². The quantitative estimate of drug-likeness (QED) is 0.198. The van der Waals surface area contributed by atoms with Crippen LogP contribution in [0.1, 0.15) is 92.6 Å². The standard InChI is InChI=1S/C27H30N2O4/c1-2-3-4-5-6-7-8-9-10-11-26(30)32-24-15-12-21(13-16-24)27(31)33-25-17-14-22(19-28)23(18-25)20-29/h12-18H,2-11H2,1H3. The summed E-state index contributed by atoms with van der Waals surface area (Å²) in [5.74, 6) is -0.351. The van der Waals surface area contributed by atoms with Gasteiger partial charge in [0.05, 0.1) is 16.7 Å². The monoisotopic (exact) mass is 446 g/mol. The Kier molecular flexibility index (Phi) is 11.2. The molecule has 0 spiro atoms. The minimum absolute atomic E-state index is 0.136. The Balaban J connectivity index is 1.73. The molecule has 0 N–H and O–H groups in total. The molecule has 6 nitrogen and oxygen atoms in total. The molecule has 0 aromatic heterocycles. The molecule has 0 aliphatic heterocycles. The lowest BCUT2D eigenvalue weighted by Gasteiger charge is -2.07. The van der Waals surface area contributed by atoms with Gasteiger partial charge < -0.3 is 9.47 Å². The van der Waals surface area contributed by atoms with E-state index in [9.17, 15) is 9.59 Å². The summed E-state index contributed by atoms with van der Waals surface area (Å²) < 4.78 is 10.6. The topological polar surface area (TPSA) is 100 Å². The number of nitrogens with zero attached hydrogens (tertiary/aromatic N) is 2. The largest absolute Gasteiger partial charge is 0.427 e. The fourth-order valence-corrected chi connectivity index (χ4v) is 3.36. The summed E-state index contributed by atoms with van der Waals surface area (Å²) in [6.07, 6.45) is 11.0. The third-order valence-electron chi connectivity index (χ3n) is 5.25. The van der Waals surface area contributed by atoms with E-state index in [2.05, 4.69) is 6.92 Å². The van der Waals surface area contributed by atoms with Crippen LogP contribution >= 0.6 is 0 Å². The van der Waals surface area contributed by atoms with E-state index in [1.807, 2.05) is 12.1 Å². The fraction of sp³-hybridized carbons (Fsp3) is 0.407. The molecule has 0 atom stereocenters. The van der Waals surface area contributed by atoms with Crippen molar-refractivity contribution in [2.75, 3.05) is 0 Å². The number of hydrogen-bond donors (Lipinski definition) is 0. The van der Waals surface area contributed by atoms with Crippen molar-refractivity contribution >= 4 is 11.9 Å². The van der Waals surface area contributed by atoms with Crippen molar-refractivity contribution in [1.82, 2.24) is 0 Å². The zero-order valence-electron chi connectivity index (χ0n) is 19.1. The highest BCUT2D eigenvalue weighted by atomic mass is 16.5. The number of unbranched alkanes of at least 4 members (excludes halogenated alkanes) is 8. The Morgan fingerprint density at radius 3 is 1.91 bits per heavy atom. The number of ether oxygens (including phenoxy) is 2. The minimum atomic E-state index is -0.615. The van der Waals surface area contributed by atoms with Crippen LogP contribution in [-0.4, -0.2) is 11.9 Å². The van der Waals surface area contributed by atoms with Crippen molar-refractivity contribution in [1.29, 1.82) is 10.5 Å². The third-order valence-corrected chi connectivity index (χ3v) is 5.25. The molecule has 0 radical (unpaired) electrons. The molecule has 0 saturated heterocycles. The highest BCUT2D eigenvalue weighted by Gasteiger charge is 2.12. The first-order valence-corrected chi connectivity index (χ1v) is 11.5. The molecule has 2 aromatic rings. The number of carbonyl (C=O) groups excluding carboxylic acids is 2. The second-order valence-corrected chi connectivity index (χ2v) is 7.90. The van der Waals surface area contributed by atoms with Gasteiger partial charge in [-0.05, 0) is 42.8 Å². The lowest BCUT2D eigenvalue weighted by Crippen LogP contribution is -2.10. The molecular formula is C27H30N2O4. The van der Waals surface area contributed by atoms with Crippen LogP contribution in [-0.2, 0) is 4.79 Å². The van der Waals surface area contributed by atoms with Crippen LogP contribution in [0.4, 0.5) is 0 Å². The van der Waals surface area contributed by atoms with Crippen molar-refractivity contribution < 1.29 is 19.1 Å². The summed E-state index contributed by atoms with van der Waals surface area (Å²) in [5.41, 5.74) is 0.625. The normalized spacial score (nSPS) is 10.2. The molecule has 0 saturated carbocycles. The molecule has 0 unspecified atom stereocenters. The molecule has 0 heterocycles. The zero-order chi connectivity index (χ0) is 23.9. The number of nitriles is 2. The molecule has 6 heteroatoms. The van der Waals surface area contributed by atoms with Crippen LogP contribution in [0, 0.1) is 22.7 Å². The van der Waals surface area contributed by atoms with Gasteiger partial charge in [0, 0.05) is 12.5 Å². The molecule has 0 aliphatic rings. The van der Waals surface area contributed by atoms with Crippen LogP contribution in [0.5, 0.6) is 11.5 Å². The van der Waals surface area contributed by atoms with Gasteiger partial charge in [-0.1, -0.05) is 58.3 Å². The Hall–Kier alpha value is -3.64. The average molecular weight is 447 g/mol. The van der Waals surface area contributed by atoms with Gasteiger partial charge in [-0.3, -0.25) is 4.79 Å². The Labute approximate surface area is 195 Å². The zero-order valence-corrected chi connectivity index (χ0v) is 19.1. The van der Waals surface area contributed by atoms with Crippen LogP contribution in [0.25, 0.3) is 0 Å². The molecule has 0 aliphatic carbocycles. The highest BCUT2D eigenvalue weighted by molar-refractivity contribution is 5.91. The minimum Gasteiger partial charge on any atom is -0.427 e. The number of rotatable bonds is 13. The van der Waals surface area contributed by atoms with Crippen molar-refractivity contribution in [3.05, 3.63) is 59.2 Å². The Morgan fingerprint density at radius 2 is 1.30 bits per heavy atom. The molecule has 0 fully saturated rings. The fourth-order valence-electron chi connectivity index (χ4n) is 3.36. The van der Waals surface area contributed by atoms with Crippen LogP contribution in [0.15, 0.2) is 42.5 Å². The maximum atomic E-state index is 12.3. The molecule has 172 valence electrons. The van der Waals surface area contributed by atoms with Crippen LogP contribution in [0.2, 0.25) is 0 Å². The van der Waals surface area contributed by atoms with Gasteiger partial charge in [0.15, 0.2) is 0 Å². The van der Waals surface area contributed by atoms with Crippen LogP contribution < -0.4 is 9.47 Å². The summed E-state index contributed by atoms with van der Waals surface area (Å²) >= 11 is 0. The van der Waals surface area contributed by atoms with E-state index >= 15 is 0 Å². The van der Waals surface area contributed by atoms with E-state index in [1.54, 1.807) is 12.1 Å². The maximum Gasteiger partial charge on any atom is 0.343 e. The molecule has 33 heavy (non-hydrogen) atoms. The summed E-state index contributed by atoms with van der Waals surface area (Å²) in [7, 11) is 0. The van der Waals surface area contributed by atoms with Crippen molar-refractivity contribution in [3.63, 3.8) is 0 Å². The average Bonchev–Trinajstić information content (AvgIpc) is 2.83. The summed E-state index contributed by atoms with van der Waals surface area (Å²) in [5, 5.41) is 18.0. The predicted octanol–water partition coefficient (Wildman–Crippen LogP) is 6.48. The molecule has 2 rings (SSSR count). The smallest absolute Gasteiger partial charge is 0.343 e. The molecule has 0 bridgehead atoms. The van der Waals surface area contributed by atoms with Gasteiger partial charge in [0.25, 0.3) is 0 Å². The van der Waals surface area contributed by atoms with Gasteiger partial charge >= 0.3 is 11.9 Å². The SMILES string of the molecule is CCCCCCCCCCCC(=O)Oc1ccc(C(=O)Oc2ccc(C#N)c(C#N)c2)cc1. The van der Waals surface area contributed by atoms with E-state index in [1.165, 1.54) is 68.9 Å². The lowest BCUT2D eigenvalue weighted by atomic mass is 10.1. The number of hydrogen-bond acceptors (Lipinski definition) is 6. The van der Waals surface area contributed by atoms with Crippen LogP contribution in [0.3, 0.4) is 0 Å². The molecule has 2 aromatic carbocycles. The summed E-state index contributed by atoms with van der Waals surface area (Å²) in [6.45, 7) is 2.22. The first-order chi connectivity index (χ1) is 16.1. The van der Waals surface area contributed by atoms with Crippen molar-refractivity contribution in [3.8, 4) is 23.6 Å². The van der Waals surface area contributed by atoms with E-state index in [0.29, 0.717) is 12.2 Å². The Morgan fingerprint density at radius 1 is 0.727 bits per heavy atom. The first kappa shape index (κ1) is 25.6. The van der Waals surface area contributed by atoms with Crippen molar-refractivity contribution in [2.24, 2.45) is 0 Å². The van der Waals surface area contributed by atoms with E-state index in [-0.39, 0.29) is 28.4 Å². The Bertz CT molecular complexity index is 1000. The lowest BCUT2D eigenvalue weighted by molar-refractivity contribution is -0.134. The van der Waals surface area contributed by atoms with E-state index in [4.69, 9.17) is 20.0 Å². The maximum absolute atomic E-state index is 12.3. The first-order valence-electron chi connectivity index (χ1n) is 11.5. The second-order valence-electron chi connectivity index (χ2n) is 7.90. The number of benzene rings is 2. The van der Waals surface area contributed by atoms with E-state index in [0.717, 1.165) is 19.3 Å². The third kappa shape index (κ3) is 9.17. The summed E-state index contributed by atoms with van der Waals surface area (Å²) in [6, 6.07) is 14.2. The summed E-state index contributed by atoms with van der Waals surface area (Å²) in [4.78, 5) is 24.4.